The number of diazo groups is 2. The van der Waals surface area contributed by atoms with Crippen LogP contribution in [0.4, 0.5) is 11.4 Å². The second kappa shape index (κ2) is 14.3. The number of ether oxygens (including phenoxy) is 4. The number of halogens is 4. The first-order valence-electron chi connectivity index (χ1n) is 7.84. The molecule has 0 N–H and O–H groups in total. The van der Waals surface area contributed by atoms with Gasteiger partial charge in [-0.3, -0.25) is 0 Å². The number of benzene rings is 2. The summed E-state index contributed by atoms with van der Waals surface area (Å²) in [5.41, 5.74) is 0.716. The van der Waals surface area contributed by atoms with E-state index in [9.17, 15) is 0 Å². The molecule has 0 amide bonds. The molecule has 0 atom stereocenters. The Hall–Kier alpha value is -1.74. The van der Waals surface area contributed by atoms with Crippen LogP contribution >= 0.6 is 38.8 Å². The van der Waals surface area contributed by atoms with Gasteiger partial charge >= 0.3 is 61.0 Å². The van der Waals surface area contributed by atoms with E-state index in [-0.39, 0.29) is 0 Å². The van der Waals surface area contributed by atoms with E-state index in [4.69, 9.17) is 68.5 Å². The van der Waals surface area contributed by atoms with Crippen molar-refractivity contribution in [2.45, 2.75) is 0 Å². The van der Waals surface area contributed by atoms with Crippen molar-refractivity contribution in [1.82, 2.24) is 0 Å². The van der Waals surface area contributed by atoms with Crippen molar-refractivity contribution in [3.8, 4) is 23.0 Å². The Bertz CT molecular complexity index is 798. The van der Waals surface area contributed by atoms with Crippen LogP contribution in [0.2, 0.25) is 0 Å². The van der Waals surface area contributed by atoms with E-state index >= 15 is 0 Å². The monoisotopic (exact) mass is 534 g/mol. The Balaban J connectivity index is 0.000000442. The third-order valence-electron chi connectivity index (χ3n) is 2.99. The summed E-state index contributed by atoms with van der Waals surface area (Å²) in [6, 6.07) is 9.97. The summed E-state index contributed by atoms with van der Waals surface area (Å²) in [6.07, 6.45) is 0. The number of hydrogen-bond acceptors (Lipinski definition) is 6. The normalized spacial score (nSPS) is 9.31. The van der Waals surface area contributed by atoms with Crippen LogP contribution in [0.15, 0.2) is 36.4 Å². The first kappa shape index (κ1) is 27.3. The minimum absolute atomic E-state index is 0.358. The van der Waals surface area contributed by atoms with Crippen LogP contribution < -0.4 is 18.9 Å². The molecule has 13 heteroatoms. The predicted octanol–water partition coefficient (Wildman–Crippen LogP) is 7.13. The van der Waals surface area contributed by atoms with Gasteiger partial charge in [-0.2, -0.15) is 0 Å². The van der Waals surface area contributed by atoms with Crippen molar-refractivity contribution in [2.75, 3.05) is 28.4 Å². The SMILES string of the molecule is COc1ccc(OC)c([N+]#N)c1.COc1ccc(OC)c([N+]#N)c1.[Cl][Zn-2]([Cl])([Cl])[Cl]. The van der Waals surface area contributed by atoms with Crippen molar-refractivity contribution in [2.24, 2.45) is 0 Å². The summed E-state index contributed by atoms with van der Waals surface area (Å²) in [5.74, 6) is 2.28. The summed E-state index contributed by atoms with van der Waals surface area (Å²) in [5, 5.41) is 17.1. The van der Waals surface area contributed by atoms with Gasteiger partial charge in [0, 0.05) is 0 Å². The molecule has 0 saturated heterocycles. The summed E-state index contributed by atoms with van der Waals surface area (Å²) >= 11 is 0. The molecule has 0 aliphatic carbocycles. The Morgan fingerprint density at radius 2 is 0.966 bits per heavy atom. The van der Waals surface area contributed by atoms with Gasteiger partial charge in [0.2, 0.25) is 22.3 Å². The molecule has 2 rings (SSSR count). The van der Waals surface area contributed by atoms with Gasteiger partial charge in [0.15, 0.2) is 9.95 Å². The van der Waals surface area contributed by atoms with E-state index < -0.39 is 10.8 Å². The number of nitrogens with zero attached hydrogens (tertiary/aromatic N) is 4. The third-order valence-corrected chi connectivity index (χ3v) is 2.99. The Kier molecular flexibility index (Phi) is 13.4. The summed E-state index contributed by atoms with van der Waals surface area (Å²) in [6.45, 7) is 0. The maximum atomic E-state index is 8.56. The van der Waals surface area contributed by atoms with Gasteiger partial charge in [-0.25, -0.2) is 0 Å². The molecule has 8 nitrogen and oxygen atoms in total. The molecule has 0 fully saturated rings. The molecule has 0 unspecified atom stereocenters. The third kappa shape index (κ3) is 11.8. The molecule has 0 aromatic heterocycles. The molecular weight excluding hydrogens is 519 g/mol. The molecule has 29 heavy (non-hydrogen) atoms. The maximum absolute atomic E-state index is 8.56. The van der Waals surface area contributed by atoms with Crippen LogP contribution in [0.3, 0.4) is 0 Å². The summed E-state index contributed by atoms with van der Waals surface area (Å²) in [7, 11) is 22.9. The molecular formula is C16H18Cl4N4O4Zn. The first-order valence-corrected chi connectivity index (χ1v) is 23.4. The Morgan fingerprint density at radius 1 is 0.655 bits per heavy atom. The van der Waals surface area contributed by atoms with Crippen LogP contribution in [0.25, 0.3) is 9.95 Å². The Morgan fingerprint density at radius 3 is 1.17 bits per heavy atom. The summed E-state index contributed by atoms with van der Waals surface area (Å²) < 4.78 is 19.7. The van der Waals surface area contributed by atoms with E-state index in [2.05, 4.69) is 9.95 Å². The topological polar surface area (TPSA) is 93.2 Å². The fraction of sp³-hybridized carbons (Fsp3) is 0.250. The van der Waals surface area contributed by atoms with Crippen LogP contribution in [0.1, 0.15) is 0 Å². The van der Waals surface area contributed by atoms with Gasteiger partial charge in [-0.05, 0) is 24.3 Å². The predicted molar refractivity (Wildman–Crippen MR) is 112 cm³/mol. The minimum atomic E-state index is -3.36. The fourth-order valence-electron chi connectivity index (χ4n) is 1.75. The van der Waals surface area contributed by atoms with Gasteiger partial charge in [-0.15, -0.1) is 0 Å². The van der Waals surface area contributed by atoms with Crippen molar-refractivity contribution < 1.29 is 29.8 Å². The molecule has 0 radical (unpaired) electrons. The molecule has 0 spiro atoms. The molecule has 2 aromatic rings. The standard InChI is InChI=1S/2C8H9N2O2.4ClH.Zn/c2*1-11-6-3-4-8(12-2)7(5-6)10-9;;;;;/h2*3-5H,1-2H3;4*1H;/q2*+1;;;;;+2/p-4. The zero-order valence-corrected chi connectivity index (χ0v) is 22.1. The second-order valence-electron chi connectivity index (χ2n) is 4.88. The van der Waals surface area contributed by atoms with Gasteiger partial charge in [0.05, 0.1) is 40.6 Å². The van der Waals surface area contributed by atoms with Crippen molar-refractivity contribution in [1.29, 1.82) is 10.8 Å². The van der Waals surface area contributed by atoms with Crippen molar-refractivity contribution in [3.05, 3.63) is 46.4 Å². The molecule has 0 heterocycles. The molecule has 156 valence electrons. The van der Waals surface area contributed by atoms with Crippen molar-refractivity contribution >= 4 is 50.1 Å². The van der Waals surface area contributed by atoms with E-state index in [0.717, 1.165) is 0 Å². The molecule has 2 aromatic carbocycles. The van der Waals surface area contributed by atoms with E-state index in [0.29, 0.717) is 34.4 Å². The molecule has 0 bridgehead atoms. The zero-order valence-electron chi connectivity index (χ0n) is 16.1. The van der Waals surface area contributed by atoms with Crippen LogP contribution in [-0.2, 0) is 10.8 Å². The first-order chi connectivity index (χ1) is 13.6. The number of methoxy groups -OCH3 is 4. The second-order valence-corrected chi connectivity index (χ2v) is 32.6. The molecule has 0 aliphatic heterocycles. The van der Waals surface area contributed by atoms with Gasteiger partial charge in [-0.1, -0.05) is 0 Å². The average molecular weight is 538 g/mol. The van der Waals surface area contributed by atoms with E-state index in [1.807, 2.05) is 0 Å². The van der Waals surface area contributed by atoms with Crippen LogP contribution in [0, 0.1) is 10.8 Å². The van der Waals surface area contributed by atoms with Crippen molar-refractivity contribution in [3.63, 3.8) is 0 Å². The zero-order chi connectivity index (χ0) is 22.4. The summed E-state index contributed by atoms with van der Waals surface area (Å²) in [4.78, 5) is 6.09. The van der Waals surface area contributed by atoms with Gasteiger partial charge in [0.1, 0.15) is 11.5 Å². The quantitative estimate of drug-likeness (QED) is 0.304. The van der Waals surface area contributed by atoms with E-state index in [1.165, 1.54) is 14.2 Å². The average Bonchev–Trinajstić information content (AvgIpc) is 2.71. The van der Waals surface area contributed by atoms with Crippen LogP contribution in [0.5, 0.6) is 23.0 Å². The fourth-order valence-corrected chi connectivity index (χ4v) is 1.75. The number of hydrogen-bond donors (Lipinski definition) is 0. The van der Waals surface area contributed by atoms with Crippen LogP contribution in [-0.4, -0.2) is 28.4 Å². The van der Waals surface area contributed by atoms with Gasteiger partial charge in [0.25, 0.3) is 0 Å². The molecule has 0 saturated carbocycles. The van der Waals surface area contributed by atoms with Gasteiger partial charge < -0.3 is 18.9 Å². The Labute approximate surface area is 187 Å². The van der Waals surface area contributed by atoms with E-state index in [1.54, 1.807) is 50.6 Å². The molecule has 0 aliphatic rings. The number of rotatable bonds is 4.